The van der Waals surface area contributed by atoms with Crippen LogP contribution in [0.3, 0.4) is 0 Å². The van der Waals surface area contributed by atoms with E-state index >= 15 is 0 Å². The highest BCUT2D eigenvalue weighted by molar-refractivity contribution is 6.67. The largest absolute Gasteiger partial charge is 0.460 e. The number of halogens is 3. The summed E-state index contributed by atoms with van der Waals surface area (Å²) in [6.07, 6.45) is 1.01. The summed E-state index contributed by atoms with van der Waals surface area (Å²) in [5, 5.41) is 0. The number of carbonyl (C=O) groups is 3. The summed E-state index contributed by atoms with van der Waals surface area (Å²) < 4.78 is 14.4. The van der Waals surface area contributed by atoms with Gasteiger partial charge in [-0.25, -0.2) is 4.79 Å². The molecule has 2 unspecified atom stereocenters. The van der Waals surface area contributed by atoms with Gasteiger partial charge in [-0.2, -0.15) is 0 Å². The zero-order valence-corrected chi connectivity index (χ0v) is 21.4. The second kappa shape index (κ2) is 11.3. The Morgan fingerprint density at radius 1 is 1.12 bits per heavy atom. The van der Waals surface area contributed by atoms with Gasteiger partial charge in [0.1, 0.15) is 24.9 Å². The molecule has 2 aliphatic heterocycles. The lowest BCUT2D eigenvalue weighted by atomic mass is 9.90. The van der Waals surface area contributed by atoms with Gasteiger partial charge in [-0.1, -0.05) is 65.1 Å². The fourth-order valence-corrected chi connectivity index (χ4v) is 4.87. The van der Waals surface area contributed by atoms with Crippen LogP contribution in [0.25, 0.3) is 0 Å². The predicted molar refractivity (Wildman–Crippen MR) is 128 cm³/mol. The van der Waals surface area contributed by atoms with Crippen LogP contribution < -0.4 is 0 Å². The Morgan fingerprint density at radius 2 is 1.79 bits per heavy atom. The molecule has 0 spiro atoms. The molecule has 11 heteroatoms. The third kappa shape index (κ3) is 6.90. The SMILES string of the molecule is CC(C)(OC=O)[C@@H](C(=O)OCc1ccccc1)N1CCC2CCN(C(=O)OCC(Cl)(Cl)Cl)CC21. The number of alkyl halides is 3. The van der Waals surface area contributed by atoms with Crippen molar-refractivity contribution in [3.05, 3.63) is 35.9 Å². The van der Waals surface area contributed by atoms with Crippen molar-refractivity contribution in [2.24, 2.45) is 5.92 Å². The number of hydrogen-bond donors (Lipinski definition) is 0. The number of ether oxygens (including phenoxy) is 3. The number of rotatable bonds is 8. The van der Waals surface area contributed by atoms with Gasteiger partial charge in [-0.05, 0) is 44.7 Å². The average molecular weight is 536 g/mol. The number of amides is 1. The van der Waals surface area contributed by atoms with Gasteiger partial charge in [0.15, 0.2) is 0 Å². The monoisotopic (exact) mass is 534 g/mol. The maximum Gasteiger partial charge on any atom is 0.409 e. The van der Waals surface area contributed by atoms with Crippen molar-refractivity contribution in [3.63, 3.8) is 0 Å². The van der Waals surface area contributed by atoms with E-state index in [9.17, 15) is 14.4 Å². The summed E-state index contributed by atoms with van der Waals surface area (Å²) in [5.74, 6) is -0.221. The molecule has 0 radical (unpaired) electrons. The van der Waals surface area contributed by atoms with Gasteiger partial charge in [0.2, 0.25) is 3.79 Å². The summed E-state index contributed by atoms with van der Waals surface area (Å²) in [6, 6.07) is 8.35. The van der Waals surface area contributed by atoms with E-state index in [-0.39, 0.29) is 25.2 Å². The molecular formula is C23H29Cl3N2O6. The van der Waals surface area contributed by atoms with E-state index in [1.54, 1.807) is 18.7 Å². The van der Waals surface area contributed by atoms with Crippen LogP contribution in [0.2, 0.25) is 0 Å². The van der Waals surface area contributed by atoms with Crippen molar-refractivity contribution in [1.82, 2.24) is 9.80 Å². The van der Waals surface area contributed by atoms with Crippen molar-refractivity contribution in [3.8, 4) is 0 Å². The molecule has 0 aliphatic carbocycles. The minimum atomic E-state index is -1.70. The molecule has 1 amide bonds. The van der Waals surface area contributed by atoms with Gasteiger partial charge in [-0.3, -0.25) is 14.5 Å². The van der Waals surface area contributed by atoms with Crippen LogP contribution in [0, 0.1) is 5.92 Å². The van der Waals surface area contributed by atoms with Crippen molar-refractivity contribution in [1.29, 1.82) is 0 Å². The van der Waals surface area contributed by atoms with Gasteiger partial charge < -0.3 is 19.1 Å². The predicted octanol–water partition coefficient (Wildman–Crippen LogP) is 3.95. The fourth-order valence-electron chi connectivity index (χ4n) is 4.71. The summed E-state index contributed by atoms with van der Waals surface area (Å²) in [6.45, 7) is 4.88. The summed E-state index contributed by atoms with van der Waals surface area (Å²) in [7, 11) is 0. The van der Waals surface area contributed by atoms with E-state index in [0.29, 0.717) is 26.1 Å². The van der Waals surface area contributed by atoms with E-state index in [1.807, 2.05) is 35.2 Å². The molecule has 2 aliphatic rings. The smallest absolute Gasteiger partial charge is 0.409 e. The van der Waals surface area contributed by atoms with Crippen LogP contribution in [0.5, 0.6) is 0 Å². The maximum atomic E-state index is 13.3. The van der Waals surface area contributed by atoms with Gasteiger partial charge >= 0.3 is 12.1 Å². The van der Waals surface area contributed by atoms with Crippen LogP contribution >= 0.6 is 34.8 Å². The first kappa shape index (κ1) is 26.9. The average Bonchev–Trinajstić information content (AvgIpc) is 3.19. The van der Waals surface area contributed by atoms with E-state index < -0.39 is 27.5 Å². The molecule has 0 saturated carbocycles. The first-order valence-electron chi connectivity index (χ1n) is 11.1. The summed E-state index contributed by atoms with van der Waals surface area (Å²) >= 11 is 17.1. The van der Waals surface area contributed by atoms with Crippen molar-refractivity contribution < 1.29 is 28.6 Å². The Bertz CT molecular complexity index is 864. The lowest BCUT2D eigenvalue weighted by Crippen LogP contribution is -2.61. The Hall–Kier alpha value is -1.74. The molecule has 3 rings (SSSR count). The molecule has 2 heterocycles. The highest BCUT2D eigenvalue weighted by atomic mass is 35.6. The number of nitrogens with zero attached hydrogens (tertiary/aromatic N) is 2. The lowest BCUT2D eigenvalue weighted by molar-refractivity contribution is -0.170. The molecule has 2 saturated heterocycles. The van der Waals surface area contributed by atoms with Crippen molar-refractivity contribution >= 4 is 53.3 Å². The standard InChI is InChI=1S/C23H29Cl3N2O6/c1-22(2,34-15-29)19(20(30)32-13-16-6-4-3-5-7-16)28-11-9-17-8-10-27(12-18(17)28)21(31)33-14-23(24,25)26/h3-7,15,17-19H,8-14H2,1-2H3/t17?,18?,19-/m1/s1. The van der Waals surface area contributed by atoms with E-state index in [4.69, 9.17) is 49.0 Å². The molecule has 3 atom stereocenters. The first-order chi connectivity index (χ1) is 16.0. The fraction of sp³-hybridized carbons (Fsp3) is 0.609. The van der Waals surface area contributed by atoms with Gasteiger partial charge in [0.25, 0.3) is 6.47 Å². The number of esters is 1. The van der Waals surface area contributed by atoms with Crippen LogP contribution in [-0.4, -0.2) is 76.1 Å². The Labute approximate surface area is 214 Å². The topological polar surface area (TPSA) is 85.4 Å². The molecule has 0 bridgehead atoms. The Balaban J connectivity index is 1.75. The zero-order chi connectivity index (χ0) is 24.9. The third-order valence-electron chi connectivity index (χ3n) is 6.31. The quantitative estimate of drug-likeness (QED) is 0.216. The Kier molecular flexibility index (Phi) is 8.95. The highest BCUT2D eigenvalue weighted by Gasteiger charge is 2.51. The second-order valence-electron chi connectivity index (χ2n) is 9.07. The summed E-state index contributed by atoms with van der Waals surface area (Å²) in [5.41, 5.74) is -0.300. The van der Waals surface area contributed by atoms with Gasteiger partial charge in [0, 0.05) is 19.1 Å². The van der Waals surface area contributed by atoms with E-state index in [1.165, 1.54) is 0 Å². The molecule has 34 heavy (non-hydrogen) atoms. The second-order valence-corrected chi connectivity index (χ2v) is 11.6. The number of piperidine rings is 1. The zero-order valence-electron chi connectivity index (χ0n) is 19.1. The van der Waals surface area contributed by atoms with Crippen molar-refractivity contribution in [2.75, 3.05) is 26.2 Å². The number of hydrogen-bond acceptors (Lipinski definition) is 7. The molecule has 188 valence electrons. The molecule has 1 aromatic rings. The molecule has 2 fully saturated rings. The number of fused-ring (bicyclic) bond motifs is 1. The third-order valence-corrected chi connectivity index (χ3v) is 6.64. The molecular weight excluding hydrogens is 507 g/mol. The summed E-state index contributed by atoms with van der Waals surface area (Å²) in [4.78, 5) is 40.6. The van der Waals surface area contributed by atoms with Crippen molar-refractivity contribution in [2.45, 2.75) is 54.8 Å². The number of benzene rings is 1. The molecule has 1 aromatic carbocycles. The van der Waals surface area contributed by atoms with Gasteiger partial charge in [0.05, 0.1) is 0 Å². The molecule has 0 aromatic heterocycles. The first-order valence-corrected chi connectivity index (χ1v) is 12.2. The number of carbonyl (C=O) groups excluding carboxylic acids is 3. The maximum absolute atomic E-state index is 13.3. The van der Waals surface area contributed by atoms with Crippen LogP contribution in [0.1, 0.15) is 32.3 Å². The highest BCUT2D eigenvalue weighted by Crippen LogP contribution is 2.37. The lowest BCUT2D eigenvalue weighted by Gasteiger charge is -2.43. The van der Waals surface area contributed by atoms with E-state index in [0.717, 1.165) is 18.4 Å². The van der Waals surface area contributed by atoms with Gasteiger partial charge in [-0.15, -0.1) is 0 Å². The molecule has 8 nitrogen and oxygen atoms in total. The van der Waals surface area contributed by atoms with Crippen LogP contribution in [-0.2, 0) is 30.4 Å². The Morgan fingerprint density at radius 3 is 2.44 bits per heavy atom. The number of likely N-dealkylation sites (tertiary alicyclic amines) is 2. The molecule has 0 N–H and O–H groups in total. The van der Waals surface area contributed by atoms with Crippen LogP contribution in [0.15, 0.2) is 30.3 Å². The van der Waals surface area contributed by atoms with Crippen LogP contribution in [0.4, 0.5) is 4.79 Å². The normalized spacial score (nSPS) is 22.0. The minimum absolute atomic E-state index is 0.102. The minimum Gasteiger partial charge on any atom is -0.460 e. The van der Waals surface area contributed by atoms with E-state index in [2.05, 4.69) is 0 Å².